The number of aliphatic carboxylic acids is 1. The highest BCUT2D eigenvalue weighted by Crippen LogP contribution is 2.42. The predicted octanol–water partition coefficient (Wildman–Crippen LogP) is 2.48. The molecule has 0 amide bonds. The first-order valence-electron chi connectivity index (χ1n) is 6.75. The van der Waals surface area contributed by atoms with Crippen molar-refractivity contribution in [1.29, 1.82) is 0 Å². The van der Waals surface area contributed by atoms with Gasteiger partial charge in [-0.25, -0.2) is 8.42 Å². The Balaban J connectivity index is 2.68. The summed E-state index contributed by atoms with van der Waals surface area (Å²) in [6.07, 6.45) is 3.88. The van der Waals surface area contributed by atoms with Crippen molar-refractivity contribution in [3.05, 3.63) is 0 Å². The van der Waals surface area contributed by atoms with Gasteiger partial charge in [-0.2, -0.15) is 0 Å². The van der Waals surface area contributed by atoms with E-state index in [0.717, 1.165) is 12.8 Å². The molecule has 1 rings (SSSR count). The average molecular weight is 276 g/mol. The fraction of sp³-hybridized carbons (Fsp3) is 0.923. The molecular weight excluding hydrogens is 252 g/mol. The van der Waals surface area contributed by atoms with Crippen LogP contribution in [0.3, 0.4) is 0 Å². The third kappa shape index (κ3) is 3.97. The van der Waals surface area contributed by atoms with Gasteiger partial charge in [0.2, 0.25) is 0 Å². The van der Waals surface area contributed by atoms with E-state index in [4.69, 9.17) is 0 Å². The standard InChI is InChI=1S/C13H24O4S/c1-3-9-18(16,17)10-8-13(12(14)15)6-4-11(2)5-7-13/h11H,3-10H2,1-2H3,(H,14,15). The summed E-state index contributed by atoms with van der Waals surface area (Å²) in [4.78, 5) is 11.5. The van der Waals surface area contributed by atoms with Crippen molar-refractivity contribution in [2.75, 3.05) is 11.5 Å². The summed E-state index contributed by atoms with van der Waals surface area (Å²) < 4.78 is 23.4. The Morgan fingerprint density at radius 1 is 1.28 bits per heavy atom. The topological polar surface area (TPSA) is 71.4 Å². The van der Waals surface area contributed by atoms with Crippen LogP contribution in [0, 0.1) is 11.3 Å². The van der Waals surface area contributed by atoms with Crippen LogP contribution >= 0.6 is 0 Å². The average Bonchev–Trinajstić information content (AvgIpc) is 2.28. The predicted molar refractivity (Wildman–Crippen MR) is 71.3 cm³/mol. The zero-order valence-corrected chi connectivity index (χ0v) is 12.1. The maximum atomic E-state index is 11.7. The van der Waals surface area contributed by atoms with Crippen LogP contribution in [-0.2, 0) is 14.6 Å². The summed E-state index contributed by atoms with van der Waals surface area (Å²) in [5, 5.41) is 9.41. The van der Waals surface area contributed by atoms with Crippen LogP contribution in [0.2, 0.25) is 0 Å². The van der Waals surface area contributed by atoms with E-state index in [9.17, 15) is 18.3 Å². The highest BCUT2D eigenvalue weighted by molar-refractivity contribution is 7.91. The van der Waals surface area contributed by atoms with Crippen LogP contribution in [0.25, 0.3) is 0 Å². The first-order valence-corrected chi connectivity index (χ1v) is 8.57. The Hall–Kier alpha value is -0.580. The highest BCUT2D eigenvalue weighted by atomic mass is 32.2. The summed E-state index contributed by atoms with van der Waals surface area (Å²) in [5.41, 5.74) is -0.798. The minimum absolute atomic E-state index is 0.0154. The Labute approximate surface area is 110 Å². The second-order valence-corrected chi connectivity index (χ2v) is 7.97. The molecule has 1 aliphatic carbocycles. The molecule has 0 unspecified atom stereocenters. The molecule has 0 aromatic carbocycles. The molecule has 0 aliphatic heterocycles. The second-order valence-electron chi connectivity index (χ2n) is 5.67. The maximum absolute atomic E-state index is 11.7. The minimum Gasteiger partial charge on any atom is -0.481 e. The molecule has 5 heteroatoms. The van der Waals surface area contributed by atoms with Crippen LogP contribution in [-0.4, -0.2) is 31.0 Å². The number of carboxylic acids is 1. The number of hydrogen-bond donors (Lipinski definition) is 1. The molecule has 106 valence electrons. The third-order valence-corrected chi connectivity index (χ3v) is 5.95. The van der Waals surface area contributed by atoms with Gasteiger partial charge in [0, 0.05) is 5.75 Å². The number of sulfone groups is 1. The van der Waals surface area contributed by atoms with E-state index in [2.05, 4.69) is 6.92 Å². The molecular formula is C13H24O4S. The van der Waals surface area contributed by atoms with Crippen LogP contribution in [0.4, 0.5) is 0 Å². The SMILES string of the molecule is CCCS(=O)(=O)CCC1(C(=O)O)CCC(C)CC1. The zero-order valence-electron chi connectivity index (χ0n) is 11.3. The van der Waals surface area contributed by atoms with E-state index >= 15 is 0 Å². The molecule has 0 aromatic rings. The second kappa shape index (κ2) is 6.04. The van der Waals surface area contributed by atoms with Crippen molar-refractivity contribution >= 4 is 15.8 Å². The summed E-state index contributed by atoms with van der Waals surface area (Å²) >= 11 is 0. The van der Waals surface area contributed by atoms with Crippen LogP contribution in [0.15, 0.2) is 0 Å². The van der Waals surface area contributed by atoms with Gasteiger partial charge in [-0.15, -0.1) is 0 Å². The quantitative estimate of drug-likeness (QED) is 0.809. The van der Waals surface area contributed by atoms with Gasteiger partial charge in [0.25, 0.3) is 0 Å². The van der Waals surface area contributed by atoms with Crippen molar-refractivity contribution in [2.24, 2.45) is 11.3 Å². The van der Waals surface area contributed by atoms with Gasteiger partial charge in [-0.05, 0) is 44.4 Å². The lowest BCUT2D eigenvalue weighted by molar-refractivity contribution is -0.151. The molecule has 0 atom stereocenters. The lowest BCUT2D eigenvalue weighted by Crippen LogP contribution is -2.37. The fourth-order valence-electron chi connectivity index (χ4n) is 2.65. The van der Waals surface area contributed by atoms with Gasteiger partial charge >= 0.3 is 5.97 Å². The molecule has 1 saturated carbocycles. The van der Waals surface area contributed by atoms with Crippen molar-refractivity contribution < 1.29 is 18.3 Å². The van der Waals surface area contributed by atoms with Gasteiger partial charge in [0.05, 0.1) is 11.2 Å². The molecule has 0 spiro atoms. The van der Waals surface area contributed by atoms with Crippen LogP contribution in [0.1, 0.15) is 52.4 Å². The summed E-state index contributed by atoms with van der Waals surface area (Å²) in [5.74, 6) is -0.0773. The molecule has 1 aliphatic rings. The Morgan fingerprint density at radius 2 is 1.83 bits per heavy atom. The highest BCUT2D eigenvalue weighted by Gasteiger charge is 2.41. The lowest BCUT2D eigenvalue weighted by Gasteiger charge is -2.35. The smallest absolute Gasteiger partial charge is 0.309 e. The largest absolute Gasteiger partial charge is 0.481 e. The molecule has 0 saturated heterocycles. The van der Waals surface area contributed by atoms with Crippen LogP contribution < -0.4 is 0 Å². The number of carbonyl (C=O) groups is 1. The molecule has 4 nitrogen and oxygen atoms in total. The van der Waals surface area contributed by atoms with E-state index in [1.807, 2.05) is 6.92 Å². The van der Waals surface area contributed by atoms with E-state index < -0.39 is 21.2 Å². The minimum atomic E-state index is -3.08. The van der Waals surface area contributed by atoms with Crippen molar-refractivity contribution in [3.8, 4) is 0 Å². The fourth-order valence-corrected chi connectivity index (χ4v) is 4.18. The van der Waals surface area contributed by atoms with Gasteiger partial charge in [-0.1, -0.05) is 13.8 Å². The van der Waals surface area contributed by atoms with E-state index in [1.165, 1.54) is 0 Å². The zero-order chi connectivity index (χ0) is 13.8. The van der Waals surface area contributed by atoms with Gasteiger partial charge in [-0.3, -0.25) is 4.79 Å². The molecule has 1 fully saturated rings. The van der Waals surface area contributed by atoms with Crippen molar-refractivity contribution in [3.63, 3.8) is 0 Å². The molecule has 0 radical (unpaired) electrons. The summed E-state index contributed by atoms with van der Waals surface area (Å²) in [6.45, 7) is 3.95. The normalized spacial score (nSPS) is 29.1. The van der Waals surface area contributed by atoms with E-state index in [0.29, 0.717) is 25.2 Å². The Kier molecular flexibility index (Phi) is 5.20. The third-order valence-electron chi connectivity index (χ3n) is 4.09. The van der Waals surface area contributed by atoms with Crippen molar-refractivity contribution in [2.45, 2.75) is 52.4 Å². The molecule has 18 heavy (non-hydrogen) atoms. The van der Waals surface area contributed by atoms with Crippen molar-refractivity contribution in [1.82, 2.24) is 0 Å². The first-order chi connectivity index (χ1) is 8.31. The van der Waals surface area contributed by atoms with Gasteiger partial charge in [0.15, 0.2) is 0 Å². The Morgan fingerprint density at radius 3 is 2.28 bits per heavy atom. The van der Waals surface area contributed by atoms with E-state index in [-0.39, 0.29) is 17.9 Å². The summed E-state index contributed by atoms with van der Waals surface area (Å²) in [6, 6.07) is 0. The summed E-state index contributed by atoms with van der Waals surface area (Å²) in [7, 11) is -3.08. The number of hydrogen-bond acceptors (Lipinski definition) is 3. The Bertz CT molecular complexity index is 378. The van der Waals surface area contributed by atoms with E-state index in [1.54, 1.807) is 0 Å². The molecule has 0 bridgehead atoms. The maximum Gasteiger partial charge on any atom is 0.309 e. The van der Waals surface area contributed by atoms with Gasteiger partial charge in [0.1, 0.15) is 9.84 Å². The van der Waals surface area contributed by atoms with Crippen LogP contribution in [0.5, 0.6) is 0 Å². The first kappa shape index (κ1) is 15.5. The molecule has 0 aromatic heterocycles. The number of carboxylic acid groups (broad SMARTS) is 1. The lowest BCUT2D eigenvalue weighted by atomic mass is 9.69. The number of rotatable bonds is 6. The van der Waals surface area contributed by atoms with Gasteiger partial charge < -0.3 is 5.11 Å². The molecule has 1 N–H and O–H groups in total. The molecule has 0 heterocycles. The monoisotopic (exact) mass is 276 g/mol.